The van der Waals surface area contributed by atoms with Gasteiger partial charge in [-0.2, -0.15) is 0 Å². The van der Waals surface area contributed by atoms with E-state index in [-0.39, 0.29) is 24.7 Å². The fraction of sp³-hybridized carbons (Fsp3) is 0.455. The molecule has 140 valence electrons. The molecule has 0 bridgehead atoms. The average Bonchev–Trinajstić information content (AvgIpc) is 2.79. The van der Waals surface area contributed by atoms with E-state index < -0.39 is 17.8 Å². The van der Waals surface area contributed by atoms with Gasteiger partial charge in [-0.1, -0.05) is 68.3 Å². The van der Waals surface area contributed by atoms with Gasteiger partial charge in [-0.25, -0.2) is 4.39 Å². The van der Waals surface area contributed by atoms with Crippen molar-refractivity contribution < 1.29 is 32.6 Å². The van der Waals surface area contributed by atoms with E-state index in [0.717, 1.165) is 18.4 Å². The second kappa shape index (κ2) is 8.13. The van der Waals surface area contributed by atoms with E-state index in [1.807, 2.05) is 76.2 Å². The molecule has 0 radical (unpaired) electrons. The van der Waals surface area contributed by atoms with Crippen LogP contribution in [0, 0.1) is 5.82 Å². The van der Waals surface area contributed by atoms with Crippen LogP contribution in [0.4, 0.5) is 4.39 Å². The van der Waals surface area contributed by atoms with Crippen molar-refractivity contribution in [3.05, 3.63) is 54.3 Å². The van der Waals surface area contributed by atoms with Crippen molar-refractivity contribution in [2.75, 3.05) is 0 Å². The summed E-state index contributed by atoms with van der Waals surface area (Å²) in [4.78, 5) is 0. The van der Waals surface area contributed by atoms with Gasteiger partial charge in [0, 0.05) is 16.8 Å². The predicted molar refractivity (Wildman–Crippen MR) is 107 cm³/mol. The molecule has 1 saturated heterocycles. The minimum Gasteiger partial charge on any atom is -0.558 e. The Labute approximate surface area is 175 Å². The zero-order chi connectivity index (χ0) is 19.0. The summed E-state index contributed by atoms with van der Waals surface area (Å²) in [6.07, 6.45) is 2.64. The van der Waals surface area contributed by atoms with Crippen molar-refractivity contribution in [3.63, 3.8) is 0 Å². The smallest absolute Gasteiger partial charge is 0.558 e. The molecular weight excluding hydrogens is 333 g/mol. The summed E-state index contributed by atoms with van der Waals surface area (Å²) in [5.74, 6) is -0.233. The molecule has 1 heterocycles. The minimum absolute atomic E-state index is 0. The van der Waals surface area contributed by atoms with Crippen LogP contribution in [0.5, 0.6) is 0 Å². The molecule has 2 aromatic carbocycles. The van der Waals surface area contributed by atoms with Crippen molar-refractivity contribution in [3.8, 4) is 11.1 Å². The fourth-order valence-corrected chi connectivity index (χ4v) is 3.86. The summed E-state index contributed by atoms with van der Waals surface area (Å²) < 4.78 is 28.7. The Morgan fingerprint density at radius 2 is 1.48 bits per heavy atom. The zero-order valence-corrected chi connectivity index (χ0v) is 17.5. The Bertz CT molecular complexity index is 761. The van der Waals surface area contributed by atoms with Gasteiger partial charge in [0.1, 0.15) is 5.82 Å². The summed E-state index contributed by atoms with van der Waals surface area (Å²) in [6.45, 7) is 8.37. The third-order valence-electron chi connectivity index (χ3n) is 5.94. The van der Waals surface area contributed by atoms with Crippen LogP contribution >= 0.6 is 0 Å². The van der Waals surface area contributed by atoms with Gasteiger partial charge in [-0.05, 0) is 33.3 Å². The second-order valence-corrected chi connectivity index (χ2v) is 8.34. The monoisotopic (exact) mass is 362 g/mol. The topological polar surface area (TPSA) is 18.5 Å². The molecule has 5 heteroatoms. The van der Waals surface area contributed by atoms with Gasteiger partial charge in [-0.15, -0.1) is 11.8 Å². The number of halogens is 1. The number of hydrogen-bond donors (Lipinski definition) is 0. The molecule has 0 spiro atoms. The predicted octanol–water partition coefficient (Wildman–Crippen LogP) is 2.55. The molecule has 1 fully saturated rings. The fourth-order valence-electron chi connectivity index (χ4n) is 3.86. The van der Waals surface area contributed by atoms with Gasteiger partial charge < -0.3 is 9.31 Å². The number of benzene rings is 2. The quantitative estimate of drug-likeness (QED) is 0.762. The van der Waals surface area contributed by atoms with E-state index in [1.165, 1.54) is 0 Å². The first-order chi connectivity index (χ1) is 12.2. The van der Waals surface area contributed by atoms with E-state index in [1.54, 1.807) is 0 Å². The van der Waals surface area contributed by atoms with Crippen LogP contribution in [-0.4, -0.2) is 17.8 Å². The number of rotatable bonds is 5. The molecule has 0 N–H and O–H groups in total. The van der Waals surface area contributed by atoms with Gasteiger partial charge in [0.05, 0.1) is 0 Å². The standard InChI is InChI=1S/C22H29BFO2.Li/c1-6-7-16-23(25-21(2,3)22(4,5)26-23)19-15-11-14-18(20(19)24)17-12-9-8-10-13-17;/h8-15H,6-7,16H2,1-5H3;/q-1;+1. The normalized spacial score (nSPS) is 19.5. The maximum Gasteiger partial charge on any atom is 1.00 e. The van der Waals surface area contributed by atoms with Crippen LogP contribution in [0.2, 0.25) is 6.32 Å². The van der Waals surface area contributed by atoms with E-state index in [9.17, 15) is 0 Å². The summed E-state index contributed by atoms with van der Waals surface area (Å²) in [7, 11) is 0. The molecule has 0 saturated carbocycles. The average molecular weight is 362 g/mol. The Kier molecular flexibility index (Phi) is 6.70. The van der Waals surface area contributed by atoms with E-state index in [0.29, 0.717) is 17.3 Å². The molecule has 0 aromatic heterocycles. The molecule has 27 heavy (non-hydrogen) atoms. The van der Waals surface area contributed by atoms with E-state index in [2.05, 4.69) is 6.92 Å². The van der Waals surface area contributed by atoms with Crippen molar-refractivity contribution >= 4 is 12.0 Å². The van der Waals surface area contributed by atoms with Crippen molar-refractivity contribution in [2.45, 2.75) is 65.0 Å². The molecule has 2 nitrogen and oxygen atoms in total. The SMILES string of the molecule is CCCC[B-]1(c2cccc(-c3ccccc3)c2F)OC(C)(C)C(C)(C)O1.[Li+]. The molecule has 0 aliphatic carbocycles. The van der Waals surface area contributed by atoms with Crippen LogP contribution in [0.25, 0.3) is 11.1 Å². The largest absolute Gasteiger partial charge is 1.00 e. The number of hydrogen-bond acceptors (Lipinski definition) is 2. The Morgan fingerprint density at radius 1 is 0.889 bits per heavy atom. The first-order valence-electron chi connectivity index (χ1n) is 9.63. The Balaban J connectivity index is 0.00000261. The zero-order valence-electron chi connectivity index (χ0n) is 17.5. The third-order valence-corrected chi connectivity index (χ3v) is 5.94. The summed E-state index contributed by atoms with van der Waals surface area (Å²) >= 11 is 0. The van der Waals surface area contributed by atoms with Crippen LogP contribution < -0.4 is 24.3 Å². The molecule has 1 aliphatic rings. The maximum atomic E-state index is 15.6. The summed E-state index contributed by atoms with van der Waals surface area (Å²) in [5.41, 5.74) is 1.03. The van der Waals surface area contributed by atoms with E-state index in [4.69, 9.17) is 9.31 Å². The summed E-state index contributed by atoms with van der Waals surface area (Å²) in [6, 6.07) is 15.2. The number of unbranched alkanes of at least 4 members (excludes halogenated alkanes) is 1. The van der Waals surface area contributed by atoms with Crippen molar-refractivity contribution in [1.29, 1.82) is 0 Å². The van der Waals surface area contributed by atoms with Gasteiger partial charge in [0.15, 0.2) is 0 Å². The molecular formula is C22H29BFLiO2. The molecule has 0 amide bonds. The van der Waals surface area contributed by atoms with Crippen molar-refractivity contribution in [1.82, 2.24) is 0 Å². The summed E-state index contributed by atoms with van der Waals surface area (Å²) in [5, 5.41) is 0. The van der Waals surface area contributed by atoms with Gasteiger partial charge in [-0.3, -0.25) is 0 Å². The molecule has 2 aromatic rings. The van der Waals surface area contributed by atoms with Gasteiger partial charge >= 0.3 is 18.9 Å². The first kappa shape index (κ1) is 22.2. The minimum atomic E-state index is -1.88. The van der Waals surface area contributed by atoms with E-state index >= 15 is 4.39 Å². The first-order valence-corrected chi connectivity index (χ1v) is 9.63. The van der Waals surface area contributed by atoms with Crippen molar-refractivity contribution in [2.24, 2.45) is 0 Å². The van der Waals surface area contributed by atoms with Crippen LogP contribution in [0.1, 0.15) is 47.5 Å². The van der Waals surface area contributed by atoms with Gasteiger partial charge in [0.2, 0.25) is 0 Å². The van der Waals surface area contributed by atoms with Crippen LogP contribution in [0.3, 0.4) is 0 Å². The molecule has 3 rings (SSSR count). The second-order valence-electron chi connectivity index (χ2n) is 8.34. The van der Waals surface area contributed by atoms with Crippen LogP contribution in [-0.2, 0) is 9.31 Å². The third kappa shape index (κ3) is 4.05. The molecule has 1 aliphatic heterocycles. The van der Waals surface area contributed by atoms with Gasteiger partial charge in [0.25, 0.3) is 6.55 Å². The van der Waals surface area contributed by atoms with Crippen LogP contribution in [0.15, 0.2) is 48.5 Å². The Hall–Kier alpha value is -1.05. The Morgan fingerprint density at radius 3 is 2.04 bits per heavy atom. The molecule has 0 atom stereocenters. The maximum absolute atomic E-state index is 15.6. The molecule has 0 unspecified atom stereocenters.